The zero-order valence-corrected chi connectivity index (χ0v) is 13.6. The summed E-state index contributed by atoms with van der Waals surface area (Å²) in [5.41, 5.74) is 2.38. The monoisotopic (exact) mass is 339 g/mol. The van der Waals surface area contributed by atoms with E-state index in [0.717, 1.165) is 16.8 Å². The van der Waals surface area contributed by atoms with Crippen molar-refractivity contribution >= 4 is 0 Å². The van der Waals surface area contributed by atoms with Crippen LogP contribution < -0.4 is 10.3 Å². The number of rotatable bonds is 6. The molecule has 0 radical (unpaired) electrons. The lowest BCUT2D eigenvalue weighted by atomic mass is 10.1. The third kappa shape index (κ3) is 4.33. The first-order chi connectivity index (χ1) is 12.2. The van der Waals surface area contributed by atoms with Crippen LogP contribution in [0.1, 0.15) is 11.1 Å². The molecule has 0 saturated carbocycles. The maximum Gasteiger partial charge on any atom is 0.258 e. The minimum absolute atomic E-state index is 0.0966. The fourth-order valence-corrected chi connectivity index (χ4v) is 2.46. The minimum atomic E-state index is -0.295. The fourth-order valence-electron chi connectivity index (χ4n) is 2.46. The molecule has 0 aliphatic rings. The van der Waals surface area contributed by atoms with Crippen LogP contribution in [-0.2, 0) is 13.0 Å². The minimum Gasteiger partial charge on any atom is -0.489 e. The first kappa shape index (κ1) is 16.9. The summed E-state index contributed by atoms with van der Waals surface area (Å²) in [4.78, 5) is 12.3. The molecule has 0 fully saturated rings. The van der Waals surface area contributed by atoms with E-state index in [1.54, 1.807) is 24.4 Å². The van der Waals surface area contributed by atoms with Gasteiger partial charge >= 0.3 is 0 Å². The lowest BCUT2D eigenvalue weighted by Crippen LogP contribution is -2.16. The standard InChI is InChI=1S/C20H18FNO3/c21-17-5-1-16(2-6-17)14-25-19-9-11-22(20(24)13-19)18-7-3-15(4-8-18)10-12-23/h1-9,11,13,23H,10,12,14H2. The van der Waals surface area contributed by atoms with Gasteiger partial charge in [0.25, 0.3) is 5.56 Å². The predicted molar refractivity (Wildman–Crippen MR) is 93.6 cm³/mol. The van der Waals surface area contributed by atoms with E-state index in [1.165, 1.54) is 22.8 Å². The summed E-state index contributed by atoms with van der Waals surface area (Å²) in [7, 11) is 0. The van der Waals surface area contributed by atoms with Crippen LogP contribution in [0.3, 0.4) is 0 Å². The van der Waals surface area contributed by atoms with E-state index in [2.05, 4.69) is 0 Å². The maximum absolute atomic E-state index is 12.9. The number of benzene rings is 2. The molecule has 0 atom stereocenters. The van der Waals surface area contributed by atoms with Gasteiger partial charge in [-0.3, -0.25) is 9.36 Å². The van der Waals surface area contributed by atoms with Gasteiger partial charge in [0.15, 0.2) is 0 Å². The van der Waals surface area contributed by atoms with Gasteiger partial charge in [0.05, 0.1) is 0 Å². The Hall–Kier alpha value is -2.92. The van der Waals surface area contributed by atoms with Crippen LogP contribution in [0, 0.1) is 5.82 Å². The molecule has 0 saturated heterocycles. The van der Waals surface area contributed by atoms with Gasteiger partial charge in [-0.05, 0) is 47.9 Å². The third-order valence-electron chi connectivity index (χ3n) is 3.82. The molecule has 0 bridgehead atoms. The highest BCUT2D eigenvalue weighted by Gasteiger charge is 2.03. The number of hydrogen-bond donors (Lipinski definition) is 1. The van der Waals surface area contributed by atoms with Gasteiger partial charge in [0.2, 0.25) is 0 Å². The van der Waals surface area contributed by atoms with Crippen LogP contribution in [0.2, 0.25) is 0 Å². The molecule has 25 heavy (non-hydrogen) atoms. The normalized spacial score (nSPS) is 10.6. The quantitative estimate of drug-likeness (QED) is 0.751. The van der Waals surface area contributed by atoms with E-state index in [0.29, 0.717) is 12.2 Å². The molecule has 5 heteroatoms. The third-order valence-corrected chi connectivity index (χ3v) is 3.82. The van der Waals surface area contributed by atoms with Crippen molar-refractivity contribution in [3.63, 3.8) is 0 Å². The number of pyridine rings is 1. The summed E-state index contributed by atoms with van der Waals surface area (Å²) in [6.07, 6.45) is 2.24. The molecule has 3 rings (SSSR count). The van der Waals surface area contributed by atoms with Gasteiger partial charge in [-0.25, -0.2) is 4.39 Å². The molecular weight excluding hydrogens is 321 g/mol. The van der Waals surface area contributed by atoms with E-state index < -0.39 is 0 Å². The van der Waals surface area contributed by atoms with Crippen LogP contribution in [0.25, 0.3) is 5.69 Å². The van der Waals surface area contributed by atoms with Gasteiger partial charge in [-0.1, -0.05) is 24.3 Å². The fraction of sp³-hybridized carbons (Fsp3) is 0.150. The largest absolute Gasteiger partial charge is 0.489 e. The lowest BCUT2D eigenvalue weighted by Gasteiger charge is -2.09. The number of nitrogens with zero attached hydrogens (tertiary/aromatic N) is 1. The van der Waals surface area contributed by atoms with Crippen molar-refractivity contribution in [3.05, 3.63) is 94.2 Å². The van der Waals surface area contributed by atoms with Crippen molar-refractivity contribution in [2.45, 2.75) is 13.0 Å². The number of aromatic nitrogens is 1. The summed E-state index contributed by atoms with van der Waals surface area (Å²) >= 11 is 0. The topological polar surface area (TPSA) is 51.5 Å². The molecule has 0 unspecified atom stereocenters. The van der Waals surface area contributed by atoms with Crippen molar-refractivity contribution < 1.29 is 14.2 Å². The van der Waals surface area contributed by atoms with E-state index in [-0.39, 0.29) is 24.6 Å². The average Bonchev–Trinajstić information content (AvgIpc) is 2.62. The second-order valence-corrected chi connectivity index (χ2v) is 5.63. The Morgan fingerprint density at radius 2 is 1.64 bits per heavy atom. The van der Waals surface area contributed by atoms with E-state index in [4.69, 9.17) is 9.84 Å². The molecular formula is C20H18FNO3. The van der Waals surface area contributed by atoms with Crippen LogP contribution in [0.15, 0.2) is 71.7 Å². The second kappa shape index (κ2) is 7.77. The summed E-state index contributed by atoms with van der Waals surface area (Å²) in [6.45, 7) is 0.360. The Labute approximate surface area is 144 Å². The highest BCUT2D eigenvalue weighted by Crippen LogP contribution is 2.13. The van der Waals surface area contributed by atoms with E-state index in [9.17, 15) is 9.18 Å². The zero-order chi connectivity index (χ0) is 17.6. The lowest BCUT2D eigenvalue weighted by molar-refractivity contribution is 0.299. The molecule has 1 heterocycles. The molecule has 0 aliphatic carbocycles. The van der Waals surface area contributed by atoms with Gasteiger partial charge in [-0.2, -0.15) is 0 Å². The molecule has 3 aromatic rings. The van der Waals surface area contributed by atoms with Crippen molar-refractivity contribution in [2.75, 3.05) is 6.61 Å². The van der Waals surface area contributed by atoms with Crippen molar-refractivity contribution in [2.24, 2.45) is 0 Å². The van der Waals surface area contributed by atoms with Crippen LogP contribution >= 0.6 is 0 Å². The average molecular weight is 339 g/mol. The van der Waals surface area contributed by atoms with Crippen LogP contribution in [0.5, 0.6) is 5.75 Å². The zero-order valence-electron chi connectivity index (χ0n) is 13.6. The number of aliphatic hydroxyl groups excluding tert-OH is 1. The molecule has 0 amide bonds. The summed E-state index contributed by atoms with van der Waals surface area (Å²) in [5, 5.41) is 8.94. The summed E-state index contributed by atoms with van der Waals surface area (Å²) < 4.78 is 20.0. The highest BCUT2D eigenvalue weighted by molar-refractivity contribution is 5.36. The highest BCUT2D eigenvalue weighted by atomic mass is 19.1. The predicted octanol–water partition coefficient (Wildman–Crippen LogP) is 3.09. The van der Waals surface area contributed by atoms with Gasteiger partial charge in [0, 0.05) is 24.6 Å². The smallest absolute Gasteiger partial charge is 0.258 e. The number of halogens is 1. The molecule has 4 nitrogen and oxygen atoms in total. The van der Waals surface area contributed by atoms with Crippen molar-refractivity contribution in [1.29, 1.82) is 0 Å². The van der Waals surface area contributed by atoms with Crippen LogP contribution in [0.4, 0.5) is 4.39 Å². The summed E-state index contributed by atoms with van der Waals surface area (Å²) in [5.74, 6) is 0.166. The second-order valence-electron chi connectivity index (χ2n) is 5.63. The first-order valence-corrected chi connectivity index (χ1v) is 7.96. The first-order valence-electron chi connectivity index (χ1n) is 7.96. The number of aliphatic hydroxyl groups is 1. The molecule has 2 aromatic carbocycles. The number of ether oxygens (including phenoxy) is 1. The molecule has 0 spiro atoms. The Morgan fingerprint density at radius 3 is 2.28 bits per heavy atom. The Kier molecular flexibility index (Phi) is 5.26. The van der Waals surface area contributed by atoms with Gasteiger partial charge in [0.1, 0.15) is 18.2 Å². The number of hydrogen-bond acceptors (Lipinski definition) is 3. The van der Waals surface area contributed by atoms with E-state index >= 15 is 0 Å². The SMILES string of the molecule is O=c1cc(OCc2ccc(F)cc2)ccn1-c1ccc(CCO)cc1. The van der Waals surface area contributed by atoms with Gasteiger partial charge < -0.3 is 9.84 Å². The Morgan fingerprint density at radius 1 is 0.960 bits per heavy atom. The molecule has 128 valence electrons. The van der Waals surface area contributed by atoms with Crippen molar-refractivity contribution in [3.8, 4) is 11.4 Å². The van der Waals surface area contributed by atoms with Crippen LogP contribution in [-0.4, -0.2) is 16.3 Å². The molecule has 1 aromatic heterocycles. The van der Waals surface area contributed by atoms with Crippen molar-refractivity contribution in [1.82, 2.24) is 4.57 Å². The Bertz CT molecular complexity index is 886. The molecule has 1 N–H and O–H groups in total. The molecule has 0 aliphatic heterocycles. The van der Waals surface area contributed by atoms with E-state index in [1.807, 2.05) is 24.3 Å². The Balaban J connectivity index is 1.72. The van der Waals surface area contributed by atoms with Gasteiger partial charge in [-0.15, -0.1) is 0 Å². The summed E-state index contributed by atoms with van der Waals surface area (Å²) in [6, 6.07) is 16.6. The maximum atomic E-state index is 12.9.